The van der Waals surface area contributed by atoms with Crippen LogP contribution in [0.2, 0.25) is 0 Å². The summed E-state index contributed by atoms with van der Waals surface area (Å²) in [6.07, 6.45) is 4.22. The van der Waals surface area contributed by atoms with Gasteiger partial charge in [0.05, 0.1) is 6.33 Å². The average Bonchev–Trinajstić information content (AvgIpc) is 2.51. The Morgan fingerprint density at radius 1 is 1.38 bits per heavy atom. The lowest BCUT2D eigenvalue weighted by Crippen LogP contribution is -1.99. The largest absolute Gasteiger partial charge is 0.382 e. The molecule has 0 aromatic carbocycles. The molecule has 0 saturated heterocycles. The van der Waals surface area contributed by atoms with Gasteiger partial charge < -0.3 is 10.3 Å². The fourth-order valence-electron chi connectivity index (χ4n) is 1.35. The van der Waals surface area contributed by atoms with Gasteiger partial charge in [-0.15, -0.1) is 0 Å². The Labute approximate surface area is 75.6 Å². The van der Waals surface area contributed by atoms with Gasteiger partial charge in [-0.25, -0.2) is 15.0 Å². The van der Waals surface area contributed by atoms with E-state index in [2.05, 4.69) is 21.9 Å². The van der Waals surface area contributed by atoms with E-state index in [1.807, 2.05) is 4.57 Å². The molecule has 0 unspecified atom stereocenters. The molecule has 68 valence electrons. The summed E-state index contributed by atoms with van der Waals surface area (Å²) in [4.78, 5) is 12.1. The summed E-state index contributed by atoms with van der Waals surface area (Å²) < 4.78 is 1.98. The highest BCUT2D eigenvalue weighted by Gasteiger charge is 2.06. The van der Waals surface area contributed by atoms with Gasteiger partial charge >= 0.3 is 0 Å². The molecule has 0 atom stereocenters. The molecule has 0 bridgehead atoms. The van der Waals surface area contributed by atoms with Crippen LogP contribution in [0, 0.1) is 0 Å². The van der Waals surface area contributed by atoms with Crippen molar-refractivity contribution in [2.75, 3.05) is 5.73 Å². The van der Waals surface area contributed by atoms with Crippen molar-refractivity contribution in [1.82, 2.24) is 19.5 Å². The molecule has 2 aromatic heterocycles. The molecule has 2 heterocycles. The van der Waals surface area contributed by atoms with Crippen molar-refractivity contribution < 1.29 is 0 Å². The number of hydrogen-bond acceptors (Lipinski definition) is 4. The van der Waals surface area contributed by atoms with Crippen LogP contribution in [0.3, 0.4) is 0 Å². The minimum atomic E-state index is 0.496. The first-order valence-electron chi connectivity index (χ1n) is 4.24. The van der Waals surface area contributed by atoms with Gasteiger partial charge in [-0.05, 0) is 6.42 Å². The summed E-state index contributed by atoms with van der Waals surface area (Å²) in [5.74, 6) is 0.496. The number of nitrogen functional groups attached to an aromatic ring is 1. The minimum Gasteiger partial charge on any atom is -0.382 e. The maximum Gasteiger partial charge on any atom is 0.182 e. The van der Waals surface area contributed by atoms with Crippen molar-refractivity contribution >= 4 is 17.0 Å². The maximum atomic E-state index is 5.72. The smallest absolute Gasteiger partial charge is 0.182 e. The van der Waals surface area contributed by atoms with E-state index in [1.54, 1.807) is 6.33 Å². The molecule has 2 aromatic rings. The van der Waals surface area contributed by atoms with E-state index in [9.17, 15) is 0 Å². The summed E-state index contributed by atoms with van der Waals surface area (Å²) >= 11 is 0. The van der Waals surface area contributed by atoms with Crippen molar-refractivity contribution in [3.05, 3.63) is 12.7 Å². The number of imidazole rings is 1. The summed E-state index contributed by atoms with van der Waals surface area (Å²) in [7, 11) is 0. The average molecular weight is 177 g/mol. The van der Waals surface area contributed by atoms with Crippen LogP contribution in [-0.4, -0.2) is 19.5 Å². The Kier molecular flexibility index (Phi) is 1.84. The Balaban J connectivity index is 2.64. The van der Waals surface area contributed by atoms with Gasteiger partial charge in [0, 0.05) is 6.54 Å². The lowest BCUT2D eigenvalue weighted by molar-refractivity contribution is 0.697. The normalized spacial score (nSPS) is 10.8. The number of fused-ring (bicyclic) bond motifs is 1. The van der Waals surface area contributed by atoms with Crippen LogP contribution in [0.1, 0.15) is 13.3 Å². The summed E-state index contributed by atoms with van der Waals surface area (Å²) in [6.45, 7) is 3.00. The Hall–Kier alpha value is -1.65. The van der Waals surface area contributed by atoms with E-state index in [1.165, 1.54) is 6.33 Å². The molecule has 0 aliphatic carbocycles. The van der Waals surface area contributed by atoms with Crippen molar-refractivity contribution in [3.8, 4) is 0 Å². The van der Waals surface area contributed by atoms with E-state index in [0.29, 0.717) is 11.5 Å². The second-order valence-electron chi connectivity index (χ2n) is 2.87. The number of anilines is 1. The predicted molar refractivity (Wildman–Crippen MR) is 50.0 cm³/mol. The maximum absolute atomic E-state index is 5.72. The SMILES string of the molecule is CCCn1cnc2ncnc(N)c21. The van der Waals surface area contributed by atoms with Gasteiger partial charge in [-0.1, -0.05) is 6.92 Å². The molecule has 0 spiro atoms. The van der Waals surface area contributed by atoms with Crippen LogP contribution in [-0.2, 0) is 6.54 Å². The second-order valence-corrected chi connectivity index (χ2v) is 2.87. The number of aryl methyl sites for hydroxylation is 1. The zero-order valence-electron chi connectivity index (χ0n) is 7.44. The zero-order valence-corrected chi connectivity index (χ0v) is 7.44. The standard InChI is InChI=1S/C8H11N5/c1-2-3-13-5-12-8-6(13)7(9)10-4-11-8/h4-5H,2-3H2,1H3,(H2,9,10,11). The van der Waals surface area contributed by atoms with Gasteiger partial charge in [0.1, 0.15) is 11.8 Å². The number of aromatic nitrogens is 4. The lowest BCUT2D eigenvalue weighted by atomic mass is 10.4. The third kappa shape index (κ3) is 1.22. The third-order valence-corrected chi connectivity index (χ3v) is 1.90. The van der Waals surface area contributed by atoms with Gasteiger partial charge in [0.2, 0.25) is 0 Å². The molecule has 0 amide bonds. The number of nitrogens with zero attached hydrogens (tertiary/aromatic N) is 4. The van der Waals surface area contributed by atoms with E-state index in [0.717, 1.165) is 18.5 Å². The fraction of sp³-hybridized carbons (Fsp3) is 0.375. The van der Waals surface area contributed by atoms with Gasteiger partial charge in [-0.2, -0.15) is 0 Å². The minimum absolute atomic E-state index is 0.496. The van der Waals surface area contributed by atoms with Gasteiger partial charge in [-0.3, -0.25) is 0 Å². The van der Waals surface area contributed by atoms with Crippen LogP contribution in [0.25, 0.3) is 11.2 Å². The molecule has 0 radical (unpaired) electrons. The van der Waals surface area contributed by atoms with Crippen LogP contribution in [0.4, 0.5) is 5.82 Å². The van der Waals surface area contributed by atoms with E-state index < -0.39 is 0 Å². The quantitative estimate of drug-likeness (QED) is 0.737. The fourth-order valence-corrected chi connectivity index (χ4v) is 1.35. The number of rotatable bonds is 2. The van der Waals surface area contributed by atoms with Crippen molar-refractivity contribution in [3.63, 3.8) is 0 Å². The topological polar surface area (TPSA) is 69.6 Å². The van der Waals surface area contributed by atoms with Crippen LogP contribution in [0.15, 0.2) is 12.7 Å². The highest BCUT2D eigenvalue weighted by molar-refractivity contribution is 5.81. The molecule has 0 aliphatic heterocycles. The number of nitrogens with two attached hydrogens (primary N) is 1. The van der Waals surface area contributed by atoms with E-state index in [-0.39, 0.29) is 0 Å². The summed E-state index contributed by atoms with van der Waals surface area (Å²) in [5, 5.41) is 0. The highest BCUT2D eigenvalue weighted by Crippen LogP contribution is 2.14. The second kappa shape index (κ2) is 3.01. The highest BCUT2D eigenvalue weighted by atomic mass is 15.1. The molecule has 13 heavy (non-hydrogen) atoms. The van der Waals surface area contributed by atoms with Crippen LogP contribution < -0.4 is 5.73 Å². The molecular weight excluding hydrogens is 166 g/mol. The van der Waals surface area contributed by atoms with Gasteiger partial charge in [0.15, 0.2) is 11.5 Å². The van der Waals surface area contributed by atoms with Crippen molar-refractivity contribution in [2.24, 2.45) is 0 Å². The zero-order chi connectivity index (χ0) is 9.26. The van der Waals surface area contributed by atoms with Crippen molar-refractivity contribution in [1.29, 1.82) is 0 Å². The van der Waals surface area contributed by atoms with E-state index in [4.69, 9.17) is 5.73 Å². The number of hydrogen-bond donors (Lipinski definition) is 1. The molecule has 5 heteroatoms. The molecule has 0 fully saturated rings. The first-order chi connectivity index (χ1) is 6.33. The van der Waals surface area contributed by atoms with Gasteiger partial charge in [0.25, 0.3) is 0 Å². The predicted octanol–water partition coefficient (Wildman–Crippen LogP) is 0.819. The third-order valence-electron chi connectivity index (χ3n) is 1.90. The first kappa shape index (κ1) is 7.97. The molecule has 2 rings (SSSR count). The molecule has 0 aliphatic rings. The van der Waals surface area contributed by atoms with Crippen LogP contribution >= 0.6 is 0 Å². The molecular formula is C8H11N5. The molecule has 5 nitrogen and oxygen atoms in total. The Bertz CT molecular complexity index is 419. The monoisotopic (exact) mass is 177 g/mol. The Morgan fingerprint density at radius 3 is 3.00 bits per heavy atom. The van der Waals surface area contributed by atoms with E-state index >= 15 is 0 Å². The Morgan fingerprint density at radius 2 is 2.23 bits per heavy atom. The molecule has 0 saturated carbocycles. The van der Waals surface area contributed by atoms with Crippen molar-refractivity contribution in [2.45, 2.75) is 19.9 Å². The summed E-state index contributed by atoms with van der Waals surface area (Å²) in [6, 6.07) is 0. The molecule has 2 N–H and O–H groups in total. The van der Waals surface area contributed by atoms with Crippen LogP contribution in [0.5, 0.6) is 0 Å². The summed E-state index contributed by atoms with van der Waals surface area (Å²) in [5.41, 5.74) is 7.22. The lowest BCUT2D eigenvalue weighted by Gasteiger charge is -2.01. The first-order valence-corrected chi connectivity index (χ1v) is 4.24.